The Bertz CT molecular complexity index is 464. The van der Waals surface area contributed by atoms with Crippen molar-refractivity contribution >= 4 is 11.6 Å². The summed E-state index contributed by atoms with van der Waals surface area (Å²) in [4.78, 5) is 2.30. The van der Waals surface area contributed by atoms with Crippen molar-refractivity contribution in [1.82, 2.24) is 10.2 Å². The second kappa shape index (κ2) is 7.57. The van der Waals surface area contributed by atoms with Crippen molar-refractivity contribution in [2.45, 2.75) is 45.2 Å². The van der Waals surface area contributed by atoms with Crippen LogP contribution in [-0.4, -0.2) is 31.1 Å². The zero-order valence-corrected chi connectivity index (χ0v) is 14.0. The Morgan fingerprint density at radius 2 is 2.14 bits per heavy atom. The summed E-state index contributed by atoms with van der Waals surface area (Å²) >= 11 is 5.90. The molecule has 2 unspecified atom stereocenters. The number of benzene rings is 1. The molecule has 0 bridgehead atoms. The zero-order chi connectivity index (χ0) is 15.4. The number of halogens is 2. The Balaban J connectivity index is 2.27. The summed E-state index contributed by atoms with van der Waals surface area (Å²) in [6.07, 6.45) is 3.53. The molecule has 0 aromatic heterocycles. The number of nitrogens with one attached hydrogen (secondary N) is 1. The summed E-state index contributed by atoms with van der Waals surface area (Å²) in [6.45, 7) is 6.25. The number of hydrogen-bond donors (Lipinski definition) is 1. The summed E-state index contributed by atoms with van der Waals surface area (Å²) in [5.41, 5.74) is 0.777. The van der Waals surface area contributed by atoms with E-state index in [-0.39, 0.29) is 11.9 Å². The highest BCUT2D eigenvalue weighted by Gasteiger charge is 2.30. The molecule has 1 fully saturated rings. The van der Waals surface area contributed by atoms with Gasteiger partial charge in [-0.15, -0.1) is 0 Å². The molecule has 1 aliphatic rings. The van der Waals surface area contributed by atoms with Gasteiger partial charge in [0.1, 0.15) is 5.82 Å². The van der Waals surface area contributed by atoms with Crippen LogP contribution in [0.4, 0.5) is 4.39 Å². The lowest BCUT2D eigenvalue weighted by molar-refractivity contribution is 0.182. The van der Waals surface area contributed by atoms with Gasteiger partial charge < -0.3 is 5.32 Å². The topological polar surface area (TPSA) is 15.3 Å². The van der Waals surface area contributed by atoms with Gasteiger partial charge in [-0.1, -0.05) is 37.9 Å². The van der Waals surface area contributed by atoms with Crippen LogP contribution in [0.3, 0.4) is 0 Å². The summed E-state index contributed by atoms with van der Waals surface area (Å²) in [5.74, 6) is 0.242. The van der Waals surface area contributed by atoms with Gasteiger partial charge >= 0.3 is 0 Å². The van der Waals surface area contributed by atoms with Crippen LogP contribution in [0.5, 0.6) is 0 Å². The number of nitrogens with zero attached hydrogens (tertiary/aromatic N) is 1. The molecule has 1 N–H and O–H groups in total. The van der Waals surface area contributed by atoms with Gasteiger partial charge in [0.05, 0.1) is 0 Å². The Morgan fingerprint density at radius 1 is 1.38 bits per heavy atom. The first-order valence-corrected chi connectivity index (χ1v) is 8.25. The van der Waals surface area contributed by atoms with Crippen molar-refractivity contribution < 1.29 is 4.39 Å². The first-order valence-electron chi connectivity index (χ1n) is 7.87. The van der Waals surface area contributed by atoms with Crippen molar-refractivity contribution in [2.24, 2.45) is 5.92 Å². The zero-order valence-electron chi connectivity index (χ0n) is 13.2. The van der Waals surface area contributed by atoms with E-state index in [9.17, 15) is 4.39 Å². The van der Waals surface area contributed by atoms with Gasteiger partial charge in [-0.2, -0.15) is 0 Å². The highest BCUT2D eigenvalue weighted by Crippen LogP contribution is 2.35. The normalized spacial score (nSPS) is 24.3. The maximum atomic E-state index is 14.4. The van der Waals surface area contributed by atoms with Crippen molar-refractivity contribution in [3.05, 3.63) is 34.6 Å². The Hall–Kier alpha value is -0.640. The minimum Gasteiger partial charge on any atom is -0.314 e. The fraction of sp³-hybridized carbons (Fsp3) is 0.647. The van der Waals surface area contributed by atoms with Crippen molar-refractivity contribution in [3.8, 4) is 0 Å². The minimum atomic E-state index is -0.184. The van der Waals surface area contributed by atoms with E-state index in [1.54, 1.807) is 6.07 Å². The van der Waals surface area contributed by atoms with E-state index in [1.807, 2.05) is 6.07 Å². The Kier molecular flexibility index (Phi) is 6.03. The SMILES string of the molecule is CC(C)NCC1CCCCN(C)C1c1ccc(Cl)cc1F. The molecule has 0 radical (unpaired) electrons. The predicted octanol–water partition coefficient (Wildman–Crippen LogP) is 4.25. The monoisotopic (exact) mass is 312 g/mol. The first-order chi connectivity index (χ1) is 9.99. The number of hydrogen-bond acceptors (Lipinski definition) is 2. The van der Waals surface area contributed by atoms with Crippen LogP contribution in [0, 0.1) is 11.7 Å². The van der Waals surface area contributed by atoms with Gasteiger partial charge in [-0.25, -0.2) is 4.39 Å². The van der Waals surface area contributed by atoms with Gasteiger partial charge in [0, 0.05) is 29.2 Å². The standard InChI is InChI=1S/C17H26ClFN2/c1-12(2)20-11-13-6-4-5-9-21(3)17(13)15-8-7-14(18)10-16(15)19/h7-8,10,12-13,17,20H,4-6,9,11H2,1-3H3. The van der Waals surface area contributed by atoms with E-state index in [4.69, 9.17) is 11.6 Å². The molecular formula is C17H26ClFN2. The van der Waals surface area contributed by atoms with E-state index < -0.39 is 0 Å². The number of rotatable bonds is 4. The Morgan fingerprint density at radius 3 is 2.81 bits per heavy atom. The van der Waals surface area contributed by atoms with Crippen LogP contribution in [0.2, 0.25) is 5.02 Å². The lowest BCUT2D eigenvalue weighted by Crippen LogP contribution is -2.37. The lowest BCUT2D eigenvalue weighted by Gasteiger charge is -2.33. The smallest absolute Gasteiger partial charge is 0.129 e. The summed E-state index contributed by atoms with van der Waals surface area (Å²) in [5, 5.41) is 3.98. The molecule has 21 heavy (non-hydrogen) atoms. The average Bonchev–Trinajstić information content (AvgIpc) is 2.59. The number of likely N-dealkylation sites (tertiary alicyclic amines) is 1. The third-order valence-corrected chi connectivity index (χ3v) is 4.56. The molecule has 0 amide bonds. The largest absolute Gasteiger partial charge is 0.314 e. The maximum Gasteiger partial charge on any atom is 0.129 e. The van der Waals surface area contributed by atoms with Gasteiger partial charge in [0.2, 0.25) is 0 Å². The molecule has 4 heteroatoms. The average molecular weight is 313 g/mol. The molecule has 1 aromatic carbocycles. The molecule has 0 spiro atoms. The second-order valence-corrected chi connectivity index (χ2v) is 6.85. The minimum absolute atomic E-state index is 0.121. The third-order valence-electron chi connectivity index (χ3n) is 4.33. The second-order valence-electron chi connectivity index (χ2n) is 6.41. The molecular weight excluding hydrogens is 287 g/mol. The van der Waals surface area contributed by atoms with Crippen LogP contribution >= 0.6 is 11.6 Å². The first kappa shape index (κ1) is 16.7. The molecule has 2 nitrogen and oxygen atoms in total. The molecule has 118 valence electrons. The van der Waals surface area contributed by atoms with Gasteiger partial charge in [-0.05, 0) is 44.5 Å². The van der Waals surface area contributed by atoms with Crippen LogP contribution in [0.25, 0.3) is 0 Å². The summed E-state index contributed by atoms with van der Waals surface area (Å²) in [6, 6.07) is 5.66. The molecule has 2 atom stereocenters. The van der Waals surface area contributed by atoms with Crippen molar-refractivity contribution in [1.29, 1.82) is 0 Å². The van der Waals surface area contributed by atoms with Gasteiger partial charge in [0.15, 0.2) is 0 Å². The van der Waals surface area contributed by atoms with Crippen LogP contribution < -0.4 is 5.32 Å². The molecule has 1 aliphatic heterocycles. The predicted molar refractivity (Wildman–Crippen MR) is 87.3 cm³/mol. The van der Waals surface area contributed by atoms with Crippen molar-refractivity contribution in [3.63, 3.8) is 0 Å². The van der Waals surface area contributed by atoms with E-state index in [2.05, 4.69) is 31.1 Å². The molecule has 0 aliphatic carbocycles. The quantitative estimate of drug-likeness (QED) is 0.894. The fourth-order valence-electron chi connectivity index (χ4n) is 3.26. The van der Waals surface area contributed by atoms with E-state index >= 15 is 0 Å². The third kappa shape index (κ3) is 4.41. The van der Waals surface area contributed by atoms with Gasteiger partial charge in [0.25, 0.3) is 0 Å². The highest BCUT2D eigenvalue weighted by atomic mass is 35.5. The van der Waals surface area contributed by atoms with E-state index in [1.165, 1.54) is 18.9 Å². The molecule has 2 rings (SSSR count). The van der Waals surface area contributed by atoms with Crippen molar-refractivity contribution in [2.75, 3.05) is 20.1 Å². The highest BCUT2D eigenvalue weighted by molar-refractivity contribution is 6.30. The van der Waals surface area contributed by atoms with Gasteiger partial charge in [-0.3, -0.25) is 4.90 Å². The molecule has 0 saturated carbocycles. The molecule has 1 aromatic rings. The molecule has 1 heterocycles. The van der Waals surface area contributed by atoms with Crippen LogP contribution in [0.15, 0.2) is 18.2 Å². The summed E-state index contributed by atoms with van der Waals surface area (Å²) in [7, 11) is 2.10. The summed E-state index contributed by atoms with van der Waals surface area (Å²) < 4.78 is 14.4. The van der Waals surface area contributed by atoms with E-state index in [0.29, 0.717) is 17.0 Å². The Labute approximate surface area is 132 Å². The van der Waals surface area contributed by atoms with E-state index in [0.717, 1.165) is 25.1 Å². The maximum absolute atomic E-state index is 14.4. The fourth-order valence-corrected chi connectivity index (χ4v) is 3.42. The van der Waals surface area contributed by atoms with Crippen LogP contribution in [-0.2, 0) is 0 Å². The molecule has 1 saturated heterocycles. The van der Waals surface area contributed by atoms with Crippen LogP contribution in [0.1, 0.15) is 44.7 Å². The lowest BCUT2D eigenvalue weighted by atomic mass is 9.88.